The van der Waals surface area contributed by atoms with Crippen LogP contribution < -0.4 is 5.73 Å². The maximum absolute atomic E-state index is 12.9. The van der Waals surface area contributed by atoms with Crippen molar-refractivity contribution in [3.8, 4) is 0 Å². The second-order valence-electron chi connectivity index (χ2n) is 5.24. The summed E-state index contributed by atoms with van der Waals surface area (Å²) in [5.74, 6) is 1.88. The number of benzene rings is 2. The Hall–Kier alpha value is -1.24. The van der Waals surface area contributed by atoms with E-state index in [0.29, 0.717) is 16.0 Å². The van der Waals surface area contributed by atoms with Crippen LogP contribution in [0.1, 0.15) is 6.42 Å². The van der Waals surface area contributed by atoms with Crippen LogP contribution in [0.15, 0.2) is 41.3 Å². The number of thioether (sulfide) groups is 1. The summed E-state index contributed by atoms with van der Waals surface area (Å²) in [6.07, 6.45) is 0.910. The normalized spacial score (nSPS) is 19.4. The van der Waals surface area contributed by atoms with Gasteiger partial charge in [0.2, 0.25) is 10.0 Å². The molecule has 0 bridgehead atoms. The molecule has 0 saturated carbocycles. The van der Waals surface area contributed by atoms with Crippen LogP contribution in [-0.4, -0.2) is 37.3 Å². The van der Waals surface area contributed by atoms with E-state index in [1.54, 1.807) is 30.9 Å². The fraction of sp³-hybridized carbons (Fsp3) is 0.333. The first kappa shape index (κ1) is 14.7. The van der Waals surface area contributed by atoms with Gasteiger partial charge >= 0.3 is 0 Å². The van der Waals surface area contributed by atoms with Crippen molar-refractivity contribution in [2.45, 2.75) is 17.4 Å². The van der Waals surface area contributed by atoms with Crippen molar-refractivity contribution in [3.05, 3.63) is 36.4 Å². The van der Waals surface area contributed by atoms with Crippen LogP contribution in [0.4, 0.5) is 5.69 Å². The number of sulfonamides is 1. The largest absolute Gasteiger partial charge is 0.398 e. The van der Waals surface area contributed by atoms with E-state index >= 15 is 0 Å². The van der Waals surface area contributed by atoms with E-state index in [-0.39, 0.29) is 6.04 Å². The Morgan fingerprint density at radius 1 is 1.19 bits per heavy atom. The van der Waals surface area contributed by atoms with Gasteiger partial charge in [0.05, 0.1) is 4.90 Å². The van der Waals surface area contributed by atoms with Crippen LogP contribution in [0.25, 0.3) is 10.8 Å². The van der Waals surface area contributed by atoms with E-state index in [9.17, 15) is 8.42 Å². The smallest absolute Gasteiger partial charge is 0.243 e. The van der Waals surface area contributed by atoms with Gasteiger partial charge in [-0.25, -0.2) is 8.42 Å². The maximum Gasteiger partial charge on any atom is 0.243 e. The fourth-order valence-electron chi connectivity index (χ4n) is 2.68. The van der Waals surface area contributed by atoms with Crippen molar-refractivity contribution in [3.63, 3.8) is 0 Å². The molecule has 1 fully saturated rings. The van der Waals surface area contributed by atoms with Gasteiger partial charge in [-0.2, -0.15) is 16.1 Å². The molecule has 112 valence electrons. The van der Waals surface area contributed by atoms with Gasteiger partial charge in [0.25, 0.3) is 0 Å². The summed E-state index contributed by atoms with van der Waals surface area (Å²) in [5, 5.41) is 1.47. The van der Waals surface area contributed by atoms with Gasteiger partial charge in [0, 0.05) is 35.3 Å². The third-order valence-electron chi connectivity index (χ3n) is 3.99. The highest BCUT2D eigenvalue weighted by Crippen LogP contribution is 2.32. The number of nitrogen functional groups attached to an aromatic ring is 1. The van der Waals surface area contributed by atoms with Gasteiger partial charge in [-0.15, -0.1) is 0 Å². The first-order chi connectivity index (χ1) is 10.0. The summed E-state index contributed by atoms with van der Waals surface area (Å²) in [7, 11) is -1.82. The molecule has 1 heterocycles. The average Bonchev–Trinajstić information content (AvgIpc) is 3.01. The number of anilines is 1. The Bertz CT molecular complexity index is 768. The van der Waals surface area contributed by atoms with Crippen LogP contribution in [-0.2, 0) is 10.0 Å². The summed E-state index contributed by atoms with van der Waals surface area (Å²) in [6.45, 7) is 0. The molecular weight excluding hydrogens is 304 g/mol. The van der Waals surface area contributed by atoms with E-state index < -0.39 is 10.0 Å². The molecule has 6 heteroatoms. The molecule has 1 unspecified atom stereocenters. The van der Waals surface area contributed by atoms with Gasteiger partial charge < -0.3 is 5.73 Å². The van der Waals surface area contributed by atoms with Crippen LogP contribution >= 0.6 is 11.8 Å². The molecule has 2 N–H and O–H groups in total. The molecule has 21 heavy (non-hydrogen) atoms. The molecule has 0 aromatic heterocycles. The van der Waals surface area contributed by atoms with Gasteiger partial charge in [0.15, 0.2) is 0 Å². The lowest BCUT2D eigenvalue weighted by Crippen LogP contribution is -2.37. The Morgan fingerprint density at radius 3 is 2.57 bits per heavy atom. The van der Waals surface area contributed by atoms with Crippen LogP contribution in [0.3, 0.4) is 0 Å². The highest BCUT2D eigenvalue weighted by molar-refractivity contribution is 7.99. The Labute approximate surface area is 129 Å². The van der Waals surface area contributed by atoms with Crippen LogP contribution in [0.2, 0.25) is 0 Å². The molecule has 2 aromatic carbocycles. The molecule has 0 amide bonds. The van der Waals surface area contributed by atoms with Crippen molar-refractivity contribution in [2.24, 2.45) is 0 Å². The number of nitrogens with two attached hydrogens (primary N) is 1. The highest BCUT2D eigenvalue weighted by atomic mass is 32.2. The van der Waals surface area contributed by atoms with Gasteiger partial charge in [-0.1, -0.05) is 24.3 Å². The lowest BCUT2D eigenvalue weighted by molar-refractivity contribution is 0.395. The van der Waals surface area contributed by atoms with Gasteiger partial charge in [0.1, 0.15) is 0 Å². The zero-order valence-electron chi connectivity index (χ0n) is 11.8. The van der Waals surface area contributed by atoms with Crippen molar-refractivity contribution >= 4 is 38.2 Å². The summed E-state index contributed by atoms with van der Waals surface area (Å²) in [6, 6.07) is 10.7. The lowest BCUT2D eigenvalue weighted by atomic mass is 10.1. The molecule has 0 spiro atoms. The third-order valence-corrected chi connectivity index (χ3v) is 7.11. The number of hydrogen-bond donors (Lipinski definition) is 1. The van der Waals surface area contributed by atoms with E-state index in [4.69, 9.17) is 5.73 Å². The first-order valence-corrected chi connectivity index (χ1v) is 9.44. The quantitative estimate of drug-likeness (QED) is 0.882. The topological polar surface area (TPSA) is 63.4 Å². The second-order valence-corrected chi connectivity index (χ2v) is 8.35. The second kappa shape index (κ2) is 5.51. The molecule has 3 rings (SSSR count). The zero-order valence-corrected chi connectivity index (χ0v) is 13.5. The van der Waals surface area contributed by atoms with Crippen molar-refractivity contribution in [2.75, 3.05) is 24.3 Å². The molecule has 4 nitrogen and oxygen atoms in total. The van der Waals surface area contributed by atoms with Crippen molar-refractivity contribution in [1.29, 1.82) is 0 Å². The fourth-order valence-corrected chi connectivity index (χ4v) is 5.62. The minimum Gasteiger partial charge on any atom is -0.398 e. The molecule has 2 aromatic rings. The molecule has 1 saturated heterocycles. The number of fused-ring (bicyclic) bond motifs is 1. The number of hydrogen-bond acceptors (Lipinski definition) is 4. The minimum atomic E-state index is -3.50. The standard InChI is InChI=1S/C15H18N2O2S2/c1-17(11-8-9-20-10-11)21(18,19)15-7-6-14(16)12-4-2-3-5-13(12)15/h2-7,11H,8-10,16H2,1H3. The van der Waals surface area contributed by atoms with Crippen molar-refractivity contribution in [1.82, 2.24) is 4.31 Å². The maximum atomic E-state index is 12.9. The highest BCUT2D eigenvalue weighted by Gasteiger charge is 2.31. The molecule has 0 aliphatic carbocycles. The summed E-state index contributed by atoms with van der Waals surface area (Å²) in [5.41, 5.74) is 6.56. The van der Waals surface area contributed by atoms with E-state index in [1.807, 2.05) is 24.3 Å². The zero-order chi connectivity index (χ0) is 15.0. The average molecular weight is 322 g/mol. The first-order valence-electron chi connectivity index (χ1n) is 6.85. The van der Waals surface area contributed by atoms with Crippen LogP contribution in [0.5, 0.6) is 0 Å². The SMILES string of the molecule is CN(C1CCSC1)S(=O)(=O)c1ccc(N)c2ccccc12. The number of rotatable bonds is 3. The summed E-state index contributed by atoms with van der Waals surface area (Å²) in [4.78, 5) is 0.340. The third kappa shape index (κ3) is 2.52. The summed E-state index contributed by atoms with van der Waals surface area (Å²) >= 11 is 1.80. The van der Waals surface area contributed by atoms with Gasteiger partial charge in [-0.3, -0.25) is 0 Å². The predicted molar refractivity (Wildman–Crippen MR) is 89.0 cm³/mol. The Balaban J connectivity index is 2.13. The van der Waals surface area contributed by atoms with E-state index in [2.05, 4.69) is 0 Å². The van der Waals surface area contributed by atoms with Gasteiger partial charge in [-0.05, 0) is 24.3 Å². The lowest BCUT2D eigenvalue weighted by Gasteiger charge is -2.24. The molecule has 0 radical (unpaired) electrons. The Morgan fingerprint density at radius 2 is 1.90 bits per heavy atom. The molecular formula is C15H18N2O2S2. The Kier molecular flexibility index (Phi) is 3.86. The van der Waals surface area contributed by atoms with Crippen molar-refractivity contribution < 1.29 is 8.42 Å². The molecule has 1 atom stereocenters. The monoisotopic (exact) mass is 322 g/mol. The molecule has 1 aliphatic rings. The molecule has 1 aliphatic heterocycles. The van der Waals surface area contributed by atoms with E-state index in [1.165, 1.54) is 4.31 Å². The van der Waals surface area contributed by atoms with Crippen LogP contribution in [0, 0.1) is 0 Å². The predicted octanol–water partition coefficient (Wildman–Crippen LogP) is 2.55. The summed E-state index contributed by atoms with van der Waals surface area (Å²) < 4.78 is 27.4. The van der Waals surface area contributed by atoms with E-state index in [0.717, 1.165) is 23.3 Å². The minimum absolute atomic E-state index is 0.0799. The number of nitrogens with zero attached hydrogens (tertiary/aromatic N) is 1.